The quantitative estimate of drug-likeness (QED) is 0.358. The predicted molar refractivity (Wildman–Crippen MR) is 120 cm³/mol. The molecule has 0 bridgehead atoms. The van der Waals surface area contributed by atoms with Gasteiger partial charge >= 0.3 is 0 Å². The topological polar surface area (TPSA) is 140 Å². The number of H-pyrrole nitrogens is 1. The number of carbonyl (C=O) groups excluding carboxylic acids is 2. The number of benzene rings is 2. The molecule has 4 aromatic rings. The van der Waals surface area contributed by atoms with E-state index in [4.69, 9.17) is 0 Å². The van der Waals surface area contributed by atoms with Gasteiger partial charge in [0.1, 0.15) is 0 Å². The maximum atomic E-state index is 12.2. The number of aromatic nitrogens is 3. The van der Waals surface area contributed by atoms with Gasteiger partial charge in [0.15, 0.2) is 5.13 Å². The number of carbonyl (C=O) groups is 2. The van der Waals surface area contributed by atoms with Crippen LogP contribution in [0.3, 0.4) is 0 Å². The molecule has 2 aromatic carbocycles. The van der Waals surface area contributed by atoms with Gasteiger partial charge in [0.25, 0.3) is 5.91 Å². The number of nitrogens with one attached hydrogen (secondary N) is 3. The lowest BCUT2D eigenvalue weighted by Crippen LogP contribution is -2.32. The molecule has 0 spiro atoms. The zero-order chi connectivity index (χ0) is 22.5. The van der Waals surface area contributed by atoms with Gasteiger partial charge in [-0.1, -0.05) is 24.3 Å². The average molecular weight is 467 g/mol. The third-order valence-corrected chi connectivity index (χ3v) is 5.84. The van der Waals surface area contributed by atoms with Crippen LogP contribution in [0.15, 0.2) is 71.2 Å². The summed E-state index contributed by atoms with van der Waals surface area (Å²) in [5.41, 5.74) is 3.70. The van der Waals surface area contributed by atoms with Crippen LogP contribution in [0, 0.1) is 0 Å². The van der Waals surface area contributed by atoms with Crippen LogP contribution in [0.25, 0.3) is 22.4 Å². The number of aromatic amines is 1. The number of thiazole rings is 1. The molecule has 4 rings (SSSR count). The van der Waals surface area contributed by atoms with Crippen LogP contribution in [-0.2, 0) is 15.9 Å². The maximum Gasteiger partial charge on any atom is 0.251 e. The van der Waals surface area contributed by atoms with Gasteiger partial charge in [-0.2, -0.15) is 5.10 Å². The Morgan fingerprint density at radius 1 is 1.09 bits per heavy atom. The summed E-state index contributed by atoms with van der Waals surface area (Å²) in [6.45, 7) is -0.283. The van der Waals surface area contributed by atoms with Crippen LogP contribution < -0.4 is 10.6 Å². The molecule has 162 valence electrons. The Morgan fingerprint density at radius 3 is 2.69 bits per heavy atom. The second-order valence-corrected chi connectivity index (χ2v) is 8.40. The fourth-order valence-corrected chi connectivity index (χ4v) is 4.05. The van der Waals surface area contributed by atoms with E-state index in [-0.39, 0.29) is 17.0 Å². The van der Waals surface area contributed by atoms with Gasteiger partial charge < -0.3 is 15.2 Å². The summed E-state index contributed by atoms with van der Waals surface area (Å²) in [6.07, 6.45) is 3.53. The molecule has 0 aliphatic heterocycles. The van der Waals surface area contributed by atoms with Gasteiger partial charge in [0, 0.05) is 33.2 Å². The smallest absolute Gasteiger partial charge is 0.251 e. The first kappa shape index (κ1) is 21.6. The molecule has 11 heteroatoms. The molecule has 0 aliphatic rings. The second kappa shape index (κ2) is 9.64. The molecule has 0 fully saturated rings. The Bertz CT molecular complexity index is 1290. The van der Waals surface area contributed by atoms with Gasteiger partial charge in [0.2, 0.25) is 5.91 Å². The molecule has 0 saturated heterocycles. The van der Waals surface area contributed by atoms with Crippen molar-refractivity contribution in [1.82, 2.24) is 20.5 Å². The van der Waals surface area contributed by atoms with Crippen molar-refractivity contribution in [1.29, 1.82) is 0 Å². The monoisotopic (exact) mass is 466 g/mol. The Labute approximate surface area is 189 Å². The summed E-state index contributed by atoms with van der Waals surface area (Å²) in [5, 5.41) is 14.1. The van der Waals surface area contributed by atoms with Crippen LogP contribution >= 0.6 is 11.3 Å². The molecule has 0 radical (unpaired) electrons. The zero-order valence-electron chi connectivity index (χ0n) is 16.4. The van der Waals surface area contributed by atoms with Crippen molar-refractivity contribution < 1.29 is 18.4 Å². The van der Waals surface area contributed by atoms with Gasteiger partial charge in [-0.3, -0.25) is 18.9 Å². The van der Waals surface area contributed by atoms with Crippen molar-refractivity contribution in [2.75, 3.05) is 11.9 Å². The standard InChI is InChI=1S/C21H17N5O4S2/c27-19(11-22-20(28)15-5-2-6-17(8-15)32(29)30)26-21-25-18(12-31-21)14-4-1-3-13(7-14)16-9-23-24-10-16/h1-10,12H,11H2,(H,22,28)(H,23,24)(H,29,30)(H,25,26,27)/p-1. The average Bonchev–Trinajstić information content (AvgIpc) is 3.50. The van der Waals surface area contributed by atoms with Crippen molar-refractivity contribution in [2.45, 2.75) is 4.90 Å². The maximum absolute atomic E-state index is 12.2. The number of hydrogen-bond acceptors (Lipinski definition) is 7. The molecular weight excluding hydrogens is 450 g/mol. The van der Waals surface area contributed by atoms with E-state index in [1.54, 1.807) is 12.4 Å². The highest BCUT2D eigenvalue weighted by molar-refractivity contribution is 7.79. The largest absolute Gasteiger partial charge is 0.768 e. The summed E-state index contributed by atoms with van der Waals surface area (Å²) in [4.78, 5) is 28.8. The first-order valence-corrected chi connectivity index (χ1v) is 11.3. The second-order valence-electron chi connectivity index (χ2n) is 6.60. The first-order valence-electron chi connectivity index (χ1n) is 9.32. The van der Waals surface area contributed by atoms with Crippen molar-refractivity contribution in [3.05, 3.63) is 71.9 Å². The lowest BCUT2D eigenvalue weighted by Gasteiger charge is -2.08. The Hall–Kier alpha value is -3.67. The minimum absolute atomic E-state index is 0.00532. The summed E-state index contributed by atoms with van der Waals surface area (Å²) in [7, 11) is 0. The molecule has 2 amide bonds. The van der Waals surface area contributed by atoms with Crippen LogP contribution in [0.2, 0.25) is 0 Å². The fourth-order valence-electron chi connectivity index (χ4n) is 2.90. The van der Waals surface area contributed by atoms with Crippen molar-refractivity contribution in [3.63, 3.8) is 0 Å². The van der Waals surface area contributed by atoms with E-state index in [1.807, 2.05) is 29.6 Å². The summed E-state index contributed by atoms with van der Waals surface area (Å²) < 4.78 is 22.0. The van der Waals surface area contributed by atoms with E-state index in [9.17, 15) is 18.4 Å². The lowest BCUT2D eigenvalue weighted by atomic mass is 10.1. The van der Waals surface area contributed by atoms with Crippen LogP contribution in [-0.4, -0.2) is 42.3 Å². The van der Waals surface area contributed by atoms with Crippen molar-refractivity contribution in [2.24, 2.45) is 0 Å². The third kappa shape index (κ3) is 5.14. The lowest BCUT2D eigenvalue weighted by molar-refractivity contribution is -0.115. The van der Waals surface area contributed by atoms with Crippen LogP contribution in [0.5, 0.6) is 0 Å². The Kier molecular flexibility index (Phi) is 6.50. The van der Waals surface area contributed by atoms with E-state index in [0.29, 0.717) is 10.8 Å². The molecule has 9 nitrogen and oxygen atoms in total. The van der Waals surface area contributed by atoms with E-state index < -0.39 is 22.9 Å². The third-order valence-electron chi connectivity index (χ3n) is 4.44. The van der Waals surface area contributed by atoms with Gasteiger partial charge in [-0.05, 0) is 40.9 Å². The van der Waals surface area contributed by atoms with Gasteiger partial charge in [-0.25, -0.2) is 4.98 Å². The highest BCUT2D eigenvalue weighted by Gasteiger charge is 2.12. The molecule has 0 saturated carbocycles. The number of anilines is 1. The number of rotatable bonds is 7. The molecular formula is C21H16N5O4S2-. The highest BCUT2D eigenvalue weighted by atomic mass is 32.2. The summed E-state index contributed by atoms with van der Waals surface area (Å²) in [5.74, 6) is -1.00. The molecule has 1 atom stereocenters. The minimum atomic E-state index is -2.44. The first-order chi connectivity index (χ1) is 15.5. The molecule has 3 N–H and O–H groups in total. The number of hydrogen-bond donors (Lipinski definition) is 3. The van der Waals surface area contributed by atoms with Crippen LogP contribution in [0.4, 0.5) is 5.13 Å². The Balaban J connectivity index is 1.36. The number of amides is 2. The summed E-state index contributed by atoms with van der Waals surface area (Å²) in [6, 6.07) is 13.3. The molecule has 0 aliphatic carbocycles. The van der Waals surface area contributed by atoms with Crippen molar-refractivity contribution >= 4 is 39.4 Å². The molecule has 1 unspecified atom stereocenters. The Morgan fingerprint density at radius 2 is 1.91 bits per heavy atom. The van der Waals surface area contributed by atoms with Gasteiger partial charge in [0.05, 0.1) is 18.4 Å². The van der Waals surface area contributed by atoms with Crippen LogP contribution in [0.1, 0.15) is 10.4 Å². The number of nitrogens with zero attached hydrogens (tertiary/aromatic N) is 2. The minimum Gasteiger partial charge on any atom is -0.768 e. The highest BCUT2D eigenvalue weighted by Crippen LogP contribution is 2.28. The normalized spacial score (nSPS) is 11.7. The molecule has 2 heterocycles. The SMILES string of the molecule is O=C(CNC(=O)c1cccc(S(=O)[O-])c1)Nc1nc(-c2cccc(-c3cn[nH]c3)c2)cs1. The predicted octanol–water partition coefficient (Wildman–Crippen LogP) is 2.81. The zero-order valence-corrected chi connectivity index (χ0v) is 18.0. The fraction of sp³-hybridized carbons (Fsp3) is 0.0476. The van der Waals surface area contributed by atoms with E-state index >= 15 is 0 Å². The molecule has 2 aromatic heterocycles. The van der Waals surface area contributed by atoms with Gasteiger partial charge in [-0.15, -0.1) is 11.3 Å². The van der Waals surface area contributed by atoms with E-state index in [1.165, 1.54) is 35.6 Å². The molecule has 32 heavy (non-hydrogen) atoms. The van der Waals surface area contributed by atoms with E-state index in [2.05, 4.69) is 25.8 Å². The van der Waals surface area contributed by atoms with Crippen molar-refractivity contribution in [3.8, 4) is 22.4 Å². The summed E-state index contributed by atoms with van der Waals surface area (Å²) >= 11 is -1.17. The van der Waals surface area contributed by atoms with E-state index in [0.717, 1.165) is 16.7 Å².